The molecule has 0 aromatic rings. The molecular weight excluding hydrogens is 232 g/mol. The molecule has 1 aliphatic rings. The molecule has 0 aliphatic carbocycles. The normalized spacial score (nSPS) is 24.3. The summed E-state index contributed by atoms with van der Waals surface area (Å²) in [6, 6.07) is 0. The Labute approximate surface area is 109 Å². The Morgan fingerprint density at radius 1 is 1.50 bits per heavy atom. The third kappa shape index (κ3) is 4.76. The summed E-state index contributed by atoms with van der Waals surface area (Å²) >= 11 is 0. The van der Waals surface area contributed by atoms with Crippen molar-refractivity contribution < 1.29 is 14.6 Å². The largest absolute Gasteiger partial charge is 0.395 e. The van der Waals surface area contributed by atoms with Crippen molar-refractivity contribution >= 4 is 5.91 Å². The third-order valence-corrected chi connectivity index (χ3v) is 2.93. The first kappa shape index (κ1) is 15.1. The minimum absolute atomic E-state index is 0.0526. The summed E-state index contributed by atoms with van der Waals surface area (Å²) in [7, 11) is 0. The van der Waals surface area contributed by atoms with Crippen molar-refractivity contribution in [1.29, 1.82) is 0 Å². The average molecular weight is 256 g/mol. The molecule has 5 nitrogen and oxygen atoms in total. The van der Waals surface area contributed by atoms with Crippen LogP contribution in [0.4, 0.5) is 0 Å². The van der Waals surface area contributed by atoms with E-state index in [1.165, 1.54) is 0 Å². The van der Waals surface area contributed by atoms with Crippen molar-refractivity contribution in [2.45, 2.75) is 26.1 Å². The predicted octanol–water partition coefficient (Wildman–Crippen LogP) is 0.103. The van der Waals surface area contributed by atoms with Crippen molar-refractivity contribution in [3.63, 3.8) is 0 Å². The molecule has 0 spiro atoms. The summed E-state index contributed by atoms with van der Waals surface area (Å²) in [5.74, 6) is 0.0901. The van der Waals surface area contributed by atoms with Gasteiger partial charge in [0.2, 0.25) is 5.91 Å². The monoisotopic (exact) mass is 256 g/mol. The third-order valence-electron chi connectivity index (χ3n) is 2.93. The number of nitrogens with zero attached hydrogens (tertiary/aromatic N) is 2. The molecular formula is C13H24N2O3. The van der Waals surface area contributed by atoms with E-state index in [1.54, 1.807) is 6.08 Å². The molecule has 2 unspecified atom stereocenters. The molecule has 5 heteroatoms. The van der Waals surface area contributed by atoms with Crippen LogP contribution in [0.2, 0.25) is 0 Å². The molecule has 1 N–H and O–H groups in total. The lowest BCUT2D eigenvalue weighted by atomic mass is 10.2. The van der Waals surface area contributed by atoms with Gasteiger partial charge < -0.3 is 14.7 Å². The second kappa shape index (κ2) is 7.51. The Kier molecular flexibility index (Phi) is 6.32. The second-order valence-electron chi connectivity index (χ2n) is 4.80. The van der Waals surface area contributed by atoms with Crippen molar-refractivity contribution in [3.8, 4) is 0 Å². The van der Waals surface area contributed by atoms with Crippen LogP contribution in [0.3, 0.4) is 0 Å². The van der Waals surface area contributed by atoms with Crippen molar-refractivity contribution in [2.24, 2.45) is 0 Å². The van der Waals surface area contributed by atoms with Crippen LogP contribution in [0.5, 0.6) is 0 Å². The van der Waals surface area contributed by atoms with Crippen LogP contribution >= 0.6 is 0 Å². The van der Waals surface area contributed by atoms with Gasteiger partial charge >= 0.3 is 0 Å². The number of carbonyl (C=O) groups is 1. The lowest BCUT2D eigenvalue weighted by Gasteiger charge is -2.36. The Hall–Kier alpha value is -0.910. The predicted molar refractivity (Wildman–Crippen MR) is 70.3 cm³/mol. The number of rotatable bonds is 6. The van der Waals surface area contributed by atoms with Crippen LogP contribution < -0.4 is 0 Å². The summed E-state index contributed by atoms with van der Waals surface area (Å²) in [6.07, 6.45) is 1.92. The van der Waals surface area contributed by atoms with Gasteiger partial charge in [-0.05, 0) is 13.8 Å². The number of aliphatic hydroxyl groups excluding tert-OH is 1. The highest BCUT2D eigenvalue weighted by molar-refractivity contribution is 5.78. The molecule has 104 valence electrons. The molecule has 1 amide bonds. The average Bonchev–Trinajstić information content (AvgIpc) is 2.28. The SMILES string of the molecule is C=CCN(CCO)CC(=O)N1CC(C)OC(C)C1. The van der Waals surface area contributed by atoms with Gasteiger partial charge in [-0.25, -0.2) is 0 Å². The maximum Gasteiger partial charge on any atom is 0.236 e. The quantitative estimate of drug-likeness (QED) is 0.685. The topological polar surface area (TPSA) is 53.0 Å². The first-order valence-electron chi connectivity index (χ1n) is 6.44. The molecule has 1 heterocycles. The Morgan fingerprint density at radius 3 is 2.61 bits per heavy atom. The molecule has 18 heavy (non-hydrogen) atoms. The fourth-order valence-corrected chi connectivity index (χ4v) is 2.23. The highest BCUT2D eigenvalue weighted by Crippen LogP contribution is 2.11. The molecule has 0 aromatic heterocycles. The van der Waals surface area contributed by atoms with E-state index in [0.717, 1.165) is 0 Å². The van der Waals surface area contributed by atoms with Crippen molar-refractivity contribution in [1.82, 2.24) is 9.80 Å². The smallest absolute Gasteiger partial charge is 0.236 e. The first-order valence-corrected chi connectivity index (χ1v) is 6.44. The van der Waals surface area contributed by atoms with Gasteiger partial charge in [-0.1, -0.05) is 6.08 Å². The Balaban J connectivity index is 2.49. The molecule has 0 saturated carbocycles. The van der Waals surface area contributed by atoms with Crippen LogP contribution in [-0.2, 0) is 9.53 Å². The van der Waals surface area contributed by atoms with Crippen LogP contribution in [0.1, 0.15) is 13.8 Å². The Bertz CT molecular complexity index is 273. The molecule has 0 radical (unpaired) electrons. The van der Waals surface area contributed by atoms with E-state index >= 15 is 0 Å². The number of amides is 1. The number of carbonyl (C=O) groups excluding carboxylic acids is 1. The van der Waals surface area contributed by atoms with Gasteiger partial charge in [-0.15, -0.1) is 6.58 Å². The molecule has 1 fully saturated rings. The molecule has 0 bridgehead atoms. The molecule has 0 aromatic carbocycles. The molecule has 1 saturated heterocycles. The highest BCUT2D eigenvalue weighted by Gasteiger charge is 2.26. The zero-order valence-corrected chi connectivity index (χ0v) is 11.3. The van der Waals surface area contributed by atoms with E-state index in [2.05, 4.69) is 6.58 Å². The summed E-state index contributed by atoms with van der Waals surface area (Å²) < 4.78 is 5.60. The number of morpholine rings is 1. The van der Waals surface area contributed by atoms with E-state index in [1.807, 2.05) is 23.6 Å². The van der Waals surface area contributed by atoms with Crippen LogP contribution in [-0.4, -0.2) is 72.4 Å². The molecule has 1 rings (SSSR count). The van der Waals surface area contributed by atoms with E-state index in [4.69, 9.17) is 9.84 Å². The summed E-state index contributed by atoms with van der Waals surface area (Å²) in [5, 5.41) is 8.95. The van der Waals surface area contributed by atoms with Gasteiger partial charge in [-0.2, -0.15) is 0 Å². The van der Waals surface area contributed by atoms with E-state index in [9.17, 15) is 4.79 Å². The zero-order chi connectivity index (χ0) is 13.5. The van der Waals surface area contributed by atoms with Gasteiger partial charge in [0, 0.05) is 26.2 Å². The van der Waals surface area contributed by atoms with Gasteiger partial charge in [0.1, 0.15) is 0 Å². The van der Waals surface area contributed by atoms with E-state index < -0.39 is 0 Å². The zero-order valence-electron chi connectivity index (χ0n) is 11.3. The summed E-state index contributed by atoms with van der Waals surface area (Å²) in [5.41, 5.74) is 0. The molecule has 2 atom stereocenters. The minimum atomic E-state index is 0.0526. The molecule has 1 aliphatic heterocycles. The number of aliphatic hydroxyl groups is 1. The maximum absolute atomic E-state index is 12.2. The lowest BCUT2D eigenvalue weighted by Crippen LogP contribution is -2.51. The standard InChI is InChI=1S/C13H24N2O3/c1-4-5-14(6-7-16)10-13(17)15-8-11(2)18-12(3)9-15/h4,11-12,16H,1,5-10H2,2-3H3. The van der Waals surface area contributed by atoms with Crippen LogP contribution in [0, 0.1) is 0 Å². The van der Waals surface area contributed by atoms with E-state index in [-0.39, 0.29) is 24.7 Å². The summed E-state index contributed by atoms with van der Waals surface area (Å²) in [6.45, 7) is 10.4. The highest BCUT2D eigenvalue weighted by atomic mass is 16.5. The maximum atomic E-state index is 12.2. The fourth-order valence-electron chi connectivity index (χ4n) is 2.23. The Morgan fingerprint density at radius 2 is 2.11 bits per heavy atom. The van der Waals surface area contributed by atoms with E-state index in [0.29, 0.717) is 32.7 Å². The van der Waals surface area contributed by atoms with Gasteiger partial charge in [0.25, 0.3) is 0 Å². The van der Waals surface area contributed by atoms with Crippen LogP contribution in [0.15, 0.2) is 12.7 Å². The van der Waals surface area contributed by atoms with Gasteiger partial charge in [0.15, 0.2) is 0 Å². The first-order chi connectivity index (χ1) is 8.56. The summed E-state index contributed by atoms with van der Waals surface area (Å²) in [4.78, 5) is 15.9. The lowest BCUT2D eigenvalue weighted by molar-refractivity contribution is -0.144. The van der Waals surface area contributed by atoms with Crippen molar-refractivity contribution in [2.75, 3.05) is 39.3 Å². The number of hydrogen-bond acceptors (Lipinski definition) is 4. The minimum Gasteiger partial charge on any atom is -0.395 e. The van der Waals surface area contributed by atoms with Crippen molar-refractivity contribution in [3.05, 3.63) is 12.7 Å². The number of hydrogen-bond donors (Lipinski definition) is 1. The van der Waals surface area contributed by atoms with Gasteiger partial charge in [-0.3, -0.25) is 9.69 Å². The second-order valence-corrected chi connectivity index (χ2v) is 4.80. The van der Waals surface area contributed by atoms with Crippen LogP contribution in [0.25, 0.3) is 0 Å². The number of ether oxygens (including phenoxy) is 1. The fraction of sp³-hybridized carbons (Fsp3) is 0.769. The van der Waals surface area contributed by atoms with Gasteiger partial charge in [0.05, 0.1) is 25.4 Å².